The van der Waals surface area contributed by atoms with E-state index in [1.807, 2.05) is 19.0 Å². The minimum Gasteiger partial charge on any atom is -0.303 e. The van der Waals surface area contributed by atoms with Crippen LogP contribution in [0.25, 0.3) is 11.4 Å². The molecule has 1 aliphatic rings. The Kier molecular flexibility index (Phi) is 4.58. The van der Waals surface area contributed by atoms with Crippen LogP contribution < -0.4 is 0 Å². The third-order valence-corrected chi connectivity index (χ3v) is 6.57. The molecule has 0 amide bonds. The quantitative estimate of drug-likeness (QED) is 0.769. The summed E-state index contributed by atoms with van der Waals surface area (Å²) in [7, 11) is 0.754. The fourth-order valence-electron chi connectivity index (χ4n) is 2.88. The van der Waals surface area contributed by atoms with E-state index in [2.05, 4.69) is 5.10 Å². The summed E-state index contributed by atoms with van der Waals surface area (Å²) in [5.74, 6) is 0.749. The Morgan fingerprint density at radius 2 is 2.04 bits per heavy atom. The number of halogens is 1. The highest BCUT2D eigenvalue weighted by Gasteiger charge is 2.30. The minimum atomic E-state index is -2.93. The van der Waals surface area contributed by atoms with Crippen LogP contribution in [0.15, 0.2) is 24.3 Å². The monoisotopic (exact) mass is 370 g/mol. The maximum Gasteiger partial charge on any atom is 0.199 e. The van der Waals surface area contributed by atoms with Gasteiger partial charge in [0.1, 0.15) is 5.82 Å². The normalized spacial score (nSPS) is 19.9. The minimum absolute atomic E-state index is 0.0202. The van der Waals surface area contributed by atoms with Gasteiger partial charge in [-0.2, -0.15) is 5.10 Å². The molecule has 1 atom stereocenters. The number of rotatable bonds is 4. The van der Waals surface area contributed by atoms with Crippen LogP contribution in [0.2, 0.25) is 0 Å². The Bertz CT molecular complexity index is 903. The van der Waals surface area contributed by atoms with Crippen molar-refractivity contribution in [3.8, 4) is 11.4 Å². The molecule has 1 aromatic carbocycles. The van der Waals surface area contributed by atoms with Crippen LogP contribution in [0.5, 0.6) is 0 Å². The summed E-state index contributed by atoms with van der Waals surface area (Å²) in [6.07, 6.45) is 0.629. The smallest absolute Gasteiger partial charge is 0.199 e. The van der Waals surface area contributed by atoms with Gasteiger partial charge in [-0.05, 0) is 50.0 Å². The lowest BCUT2D eigenvalue weighted by molar-refractivity contribution is 0.196. The van der Waals surface area contributed by atoms with Gasteiger partial charge in [-0.15, -0.1) is 0 Å². The van der Waals surface area contributed by atoms with E-state index in [1.165, 1.54) is 12.1 Å². The topological polar surface area (TPSA) is 60.1 Å². The van der Waals surface area contributed by atoms with Crippen LogP contribution in [-0.4, -0.2) is 52.3 Å². The summed E-state index contributed by atoms with van der Waals surface area (Å²) in [6.45, 7) is 0.411. The Morgan fingerprint density at radius 1 is 1.38 bits per heavy atom. The molecule has 2 heterocycles. The average molecular weight is 370 g/mol. The lowest BCUT2D eigenvalue weighted by Crippen LogP contribution is -2.34. The van der Waals surface area contributed by atoms with Gasteiger partial charge >= 0.3 is 0 Å². The maximum atomic E-state index is 13.1. The second kappa shape index (κ2) is 6.38. The zero-order chi connectivity index (χ0) is 17.5. The van der Waals surface area contributed by atoms with Crippen molar-refractivity contribution in [1.29, 1.82) is 0 Å². The summed E-state index contributed by atoms with van der Waals surface area (Å²) in [5, 5.41) is 4.52. The zero-order valence-electron chi connectivity index (χ0n) is 13.5. The van der Waals surface area contributed by atoms with Crippen molar-refractivity contribution in [2.45, 2.75) is 19.1 Å². The van der Waals surface area contributed by atoms with Crippen LogP contribution in [0.3, 0.4) is 0 Å². The highest BCUT2D eigenvalue weighted by atomic mass is 32.2. The molecule has 1 unspecified atom stereocenters. The standard InChI is InChI=1S/C15H19FN4O2S2/c1-18(13-7-8-24(21,22)9-13)10-20-15(23)19(2)14(17-20)11-3-5-12(16)6-4-11/h3-6,13H,7-10H2,1-2H3. The number of hydrogen-bond donors (Lipinski definition) is 0. The molecule has 130 valence electrons. The van der Waals surface area contributed by atoms with Crippen LogP contribution in [0.1, 0.15) is 6.42 Å². The van der Waals surface area contributed by atoms with Gasteiger partial charge in [-0.1, -0.05) is 0 Å². The van der Waals surface area contributed by atoms with Gasteiger partial charge in [0.15, 0.2) is 20.4 Å². The first kappa shape index (κ1) is 17.2. The Hall–Kier alpha value is -1.58. The summed E-state index contributed by atoms with van der Waals surface area (Å²) in [4.78, 5) is 1.96. The lowest BCUT2D eigenvalue weighted by Gasteiger charge is -2.22. The molecule has 1 aromatic heterocycles. The predicted octanol–water partition coefficient (Wildman–Crippen LogP) is 1.83. The molecule has 1 saturated heterocycles. The van der Waals surface area contributed by atoms with Gasteiger partial charge in [0.25, 0.3) is 0 Å². The Morgan fingerprint density at radius 3 is 2.62 bits per heavy atom. The van der Waals surface area contributed by atoms with Gasteiger partial charge < -0.3 is 4.57 Å². The van der Waals surface area contributed by atoms with Crippen LogP contribution in [-0.2, 0) is 23.6 Å². The zero-order valence-corrected chi connectivity index (χ0v) is 15.1. The Labute approximate surface area is 145 Å². The van der Waals surface area contributed by atoms with Crippen molar-refractivity contribution in [3.63, 3.8) is 0 Å². The van der Waals surface area contributed by atoms with Crippen molar-refractivity contribution < 1.29 is 12.8 Å². The first-order valence-electron chi connectivity index (χ1n) is 7.57. The number of sulfone groups is 1. The first-order valence-corrected chi connectivity index (χ1v) is 9.80. The fraction of sp³-hybridized carbons (Fsp3) is 0.467. The second-order valence-corrected chi connectivity index (χ2v) is 8.72. The van der Waals surface area contributed by atoms with E-state index in [9.17, 15) is 12.8 Å². The van der Waals surface area contributed by atoms with Gasteiger partial charge in [-0.3, -0.25) is 4.90 Å². The van der Waals surface area contributed by atoms with Gasteiger partial charge in [0.05, 0.1) is 18.2 Å². The largest absolute Gasteiger partial charge is 0.303 e. The number of nitrogens with zero attached hydrogens (tertiary/aromatic N) is 4. The molecule has 6 nitrogen and oxygen atoms in total. The van der Waals surface area contributed by atoms with E-state index in [0.29, 0.717) is 23.7 Å². The molecule has 0 saturated carbocycles. The number of hydrogen-bond acceptors (Lipinski definition) is 5. The van der Waals surface area contributed by atoms with E-state index in [0.717, 1.165) is 5.56 Å². The molecule has 3 rings (SSSR count). The van der Waals surface area contributed by atoms with E-state index < -0.39 is 9.84 Å². The molecule has 1 aliphatic heterocycles. The molecule has 0 radical (unpaired) electrons. The molecular formula is C15H19FN4O2S2. The fourth-order valence-corrected chi connectivity index (χ4v) is 4.87. The van der Waals surface area contributed by atoms with E-state index in [4.69, 9.17) is 12.2 Å². The molecule has 0 aliphatic carbocycles. The lowest BCUT2D eigenvalue weighted by atomic mass is 10.2. The molecule has 2 aromatic rings. The molecule has 24 heavy (non-hydrogen) atoms. The molecule has 0 spiro atoms. The van der Waals surface area contributed by atoms with Gasteiger partial charge in [0, 0.05) is 18.7 Å². The van der Waals surface area contributed by atoms with E-state index >= 15 is 0 Å². The summed E-state index contributed by atoms with van der Waals surface area (Å²) < 4.78 is 40.3. The summed E-state index contributed by atoms with van der Waals surface area (Å²) in [5.41, 5.74) is 0.773. The van der Waals surface area contributed by atoms with Crippen molar-refractivity contribution in [1.82, 2.24) is 19.2 Å². The number of aromatic nitrogens is 3. The molecule has 1 fully saturated rings. The first-order chi connectivity index (χ1) is 11.3. The third-order valence-electron chi connectivity index (χ3n) is 4.33. The van der Waals surface area contributed by atoms with E-state index in [-0.39, 0.29) is 23.4 Å². The predicted molar refractivity (Wildman–Crippen MR) is 92.2 cm³/mol. The number of benzene rings is 1. The highest BCUT2D eigenvalue weighted by molar-refractivity contribution is 7.91. The van der Waals surface area contributed by atoms with Gasteiger partial charge in [0.2, 0.25) is 0 Å². The Balaban J connectivity index is 1.83. The van der Waals surface area contributed by atoms with Crippen LogP contribution >= 0.6 is 12.2 Å². The summed E-state index contributed by atoms with van der Waals surface area (Å²) >= 11 is 5.42. The second-order valence-electron chi connectivity index (χ2n) is 6.13. The van der Waals surface area contributed by atoms with Crippen LogP contribution in [0, 0.1) is 10.6 Å². The maximum absolute atomic E-state index is 13.1. The SMILES string of the molecule is CN(Cn1nc(-c2ccc(F)cc2)n(C)c1=S)C1CCS(=O)(=O)C1. The third kappa shape index (κ3) is 3.42. The van der Waals surface area contributed by atoms with Crippen molar-refractivity contribution in [3.05, 3.63) is 34.9 Å². The molecule has 9 heteroatoms. The van der Waals surface area contributed by atoms with Crippen molar-refractivity contribution >= 4 is 22.1 Å². The highest BCUT2D eigenvalue weighted by Crippen LogP contribution is 2.20. The molecule has 0 bridgehead atoms. The summed E-state index contributed by atoms with van der Waals surface area (Å²) in [6, 6.07) is 6.06. The van der Waals surface area contributed by atoms with E-state index in [1.54, 1.807) is 21.4 Å². The molecular weight excluding hydrogens is 351 g/mol. The van der Waals surface area contributed by atoms with Crippen LogP contribution in [0.4, 0.5) is 4.39 Å². The van der Waals surface area contributed by atoms with Gasteiger partial charge in [-0.25, -0.2) is 17.5 Å². The molecule has 0 N–H and O–H groups in total. The van der Waals surface area contributed by atoms with Crippen molar-refractivity contribution in [2.24, 2.45) is 7.05 Å². The average Bonchev–Trinajstić information content (AvgIpc) is 3.03. The van der Waals surface area contributed by atoms with Crippen molar-refractivity contribution in [2.75, 3.05) is 18.6 Å².